The Morgan fingerprint density at radius 1 is 0.860 bits per heavy atom. The molecule has 6 rings (SSSR count). The quantitative estimate of drug-likeness (QED) is 0.0815. The zero-order valence-corrected chi connectivity index (χ0v) is 31.4. The third kappa shape index (κ3) is 8.91. The summed E-state index contributed by atoms with van der Waals surface area (Å²) in [7, 11) is -6.06. The van der Waals surface area contributed by atoms with Gasteiger partial charge < -0.3 is 14.7 Å². The summed E-state index contributed by atoms with van der Waals surface area (Å²) in [5.41, 5.74) is -0.850. The van der Waals surface area contributed by atoms with Crippen molar-refractivity contribution in [1.29, 1.82) is 0 Å². The van der Waals surface area contributed by atoms with Crippen LogP contribution in [0.25, 0.3) is 0 Å². The van der Waals surface area contributed by atoms with Gasteiger partial charge in [-0.2, -0.15) is 17.5 Å². The van der Waals surface area contributed by atoms with E-state index < -0.39 is 91.7 Å². The number of sulfonamides is 1. The zero-order chi connectivity index (χ0) is 41.8. The van der Waals surface area contributed by atoms with Crippen molar-refractivity contribution in [1.82, 2.24) is 9.29 Å². The SMILES string of the molecule is CC(C)(C)c1cc(CN(C(=O)CN(Cc2cnccc2C(F)(F)F)S(=O)(=O)c2c(F)c(F)c(F)c(F)c2F)c2ccc(C(=O)O)cc2OC2CC2)cc(C2CC2)c1. The number of pyridine rings is 1. The maximum absolute atomic E-state index is 15.2. The molecule has 0 radical (unpaired) electrons. The summed E-state index contributed by atoms with van der Waals surface area (Å²) in [6.45, 7) is 2.49. The summed E-state index contributed by atoms with van der Waals surface area (Å²) in [5, 5.41) is 9.73. The van der Waals surface area contributed by atoms with Gasteiger partial charge in [0.1, 0.15) is 5.75 Å². The molecule has 0 spiro atoms. The lowest BCUT2D eigenvalue weighted by molar-refractivity contribution is -0.138. The van der Waals surface area contributed by atoms with Gasteiger partial charge in [-0.15, -0.1) is 0 Å². The van der Waals surface area contributed by atoms with Crippen LogP contribution >= 0.6 is 0 Å². The number of carboxylic acid groups (broad SMARTS) is 1. The second kappa shape index (κ2) is 15.3. The molecule has 3 aromatic carbocycles. The number of carbonyl (C=O) groups excluding carboxylic acids is 1. The number of amides is 1. The van der Waals surface area contributed by atoms with Gasteiger partial charge in [-0.3, -0.25) is 9.78 Å². The van der Waals surface area contributed by atoms with Gasteiger partial charge >= 0.3 is 12.1 Å². The summed E-state index contributed by atoms with van der Waals surface area (Å²) in [5.74, 6) is -16.1. The first-order valence-electron chi connectivity index (χ1n) is 17.6. The zero-order valence-electron chi connectivity index (χ0n) is 30.6. The monoisotopic (exact) mass is 825 g/mol. The maximum atomic E-state index is 15.2. The van der Waals surface area contributed by atoms with E-state index in [-0.39, 0.29) is 39.9 Å². The average Bonchev–Trinajstić information content (AvgIpc) is 4.07. The highest BCUT2D eigenvalue weighted by Crippen LogP contribution is 2.43. The van der Waals surface area contributed by atoms with Crippen LogP contribution in [0.4, 0.5) is 40.8 Å². The Morgan fingerprint density at radius 2 is 1.49 bits per heavy atom. The molecule has 0 saturated heterocycles. The van der Waals surface area contributed by atoms with Gasteiger partial charge in [-0.25, -0.2) is 35.2 Å². The van der Waals surface area contributed by atoms with E-state index in [2.05, 4.69) is 4.98 Å². The number of nitrogens with zero attached hydrogens (tertiary/aromatic N) is 3. The van der Waals surface area contributed by atoms with E-state index in [1.807, 2.05) is 32.9 Å². The highest BCUT2D eigenvalue weighted by molar-refractivity contribution is 7.89. The van der Waals surface area contributed by atoms with E-state index in [4.69, 9.17) is 4.74 Å². The lowest BCUT2D eigenvalue weighted by Crippen LogP contribution is -2.43. The number of rotatable bonds is 13. The first-order valence-corrected chi connectivity index (χ1v) is 19.0. The number of ether oxygens (including phenoxy) is 1. The predicted molar refractivity (Wildman–Crippen MR) is 188 cm³/mol. The molecule has 304 valence electrons. The largest absolute Gasteiger partial charge is 0.488 e. The van der Waals surface area contributed by atoms with E-state index in [0.717, 1.165) is 47.2 Å². The third-order valence-corrected chi connectivity index (χ3v) is 11.3. The van der Waals surface area contributed by atoms with Gasteiger partial charge in [0.25, 0.3) is 0 Å². The van der Waals surface area contributed by atoms with Crippen LogP contribution in [-0.4, -0.2) is 47.3 Å². The van der Waals surface area contributed by atoms with Crippen LogP contribution in [0.5, 0.6) is 5.75 Å². The number of aromatic nitrogens is 1. The Morgan fingerprint density at radius 3 is 2.05 bits per heavy atom. The average molecular weight is 826 g/mol. The Bertz CT molecular complexity index is 2330. The van der Waals surface area contributed by atoms with Crippen LogP contribution in [0.3, 0.4) is 0 Å². The molecule has 1 amide bonds. The molecular weight excluding hydrogens is 790 g/mol. The van der Waals surface area contributed by atoms with Gasteiger partial charge in [0, 0.05) is 18.9 Å². The van der Waals surface area contributed by atoms with Crippen molar-refractivity contribution in [3.05, 3.63) is 117 Å². The van der Waals surface area contributed by atoms with Crippen molar-refractivity contribution < 1.29 is 63.0 Å². The van der Waals surface area contributed by atoms with Crippen molar-refractivity contribution in [3.63, 3.8) is 0 Å². The van der Waals surface area contributed by atoms with Gasteiger partial charge in [0.05, 0.1) is 36.0 Å². The van der Waals surface area contributed by atoms with E-state index in [1.54, 1.807) is 6.07 Å². The van der Waals surface area contributed by atoms with E-state index in [0.29, 0.717) is 30.7 Å². The van der Waals surface area contributed by atoms with Crippen molar-refractivity contribution >= 4 is 27.6 Å². The van der Waals surface area contributed by atoms with Crippen molar-refractivity contribution in [2.24, 2.45) is 0 Å². The number of carbonyl (C=O) groups is 2. The molecule has 4 aromatic rings. The van der Waals surface area contributed by atoms with Gasteiger partial charge in [-0.1, -0.05) is 39.0 Å². The van der Waals surface area contributed by atoms with E-state index >= 15 is 8.78 Å². The number of benzene rings is 3. The smallest absolute Gasteiger partial charge is 0.416 e. The number of hydrogen-bond acceptors (Lipinski definition) is 6. The number of hydrogen-bond donors (Lipinski definition) is 1. The summed E-state index contributed by atoms with van der Waals surface area (Å²) in [6.07, 6.45) is -1.29. The Balaban J connectivity index is 1.52. The molecule has 9 nitrogen and oxygen atoms in total. The minimum atomic E-state index is -6.06. The second-order valence-corrected chi connectivity index (χ2v) is 16.8. The summed E-state index contributed by atoms with van der Waals surface area (Å²) >= 11 is 0. The predicted octanol–water partition coefficient (Wildman–Crippen LogP) is 8.63. The lowest BCUT2D eigenvalue weighted by atomic mass is 9.84. The lowest BCUT2D eigenvalue weighted by Gasteiger charge is -2.30. The fourth-order valence-corrected chi connectivity index (χ4v) is 7.62. The molecular formula is C39H35F8N3O6S. The molecule has 18 heteroatoms. The molecule has 0 bridgehead atoms. The van der Waals surface area contributed by atoms with Crippen LogP contribution in [0.2, 0.25) is 0 Å². The summed E-state index contributed by atoms with van der Waals surface area (Å²) in [6, 6.07) is 9.56. The number of anilines is 1. The summed E-state index contributed by atoms with van der Waals surface area (Å²) < 4.78 is 150. The summed E-state index contributed by atoms with van der Waals surface area (Å²) in [4.78, 5) is 28.8. The van der Waals surface area contributed by atoms with Gasteiger partial charge in [0.2, 0.25) is 21.7 Å². The Hall–Kier alpha value is -5.10. The molecule has 1 N–H and O–H groups in total. The standard InChI is InChI=1S/C39H35F8N3O6S/c1-38(2,3)25-13-20(12-23(14-25)21-4-5-21)17-50(28-9-6-22(37(52)53)15-29(28)56-26-7-8-26)30(51)19-49(18-24-16-48-11-10-27(24)39(45,46)47)57(54,55)36-34(43)32(41)31(40)33(42)35(36)44/h6,9-16,21,26H,4-5,7-8,17-19H2,1-3H3,(H,52,53). The van der Waals surface area contributed by atoms with E-state index in [1.165, 1.54) is 6.07 Å². The Labute approximate surface area is 321 Å². The maximum Gasteiger partial charge on any atom is 0.416 e. The van der Waals surface area contributed by atoms with E-state index in [9.17, 15) is 49.5 Å². The molecule has 0 atom stereocenters. The van der Waals surface area contributed by atoms with Crippen LogP contribution in [-0.2, 0) is 39.5 Å². The molecule has 1 aromatic heterocycles. The number of alkyl halides is 3. The molecule has 2 saturated carbocycles. The van der Waals surface area contributed by atoms with Crippen LogP contribution < -0.4 is 9.64 Å². The van der Waals surface area contributed by atoms with Gasteiger partial charge in [0.15, 0.2) is 28.2 Å². The van der Waals surface area contributed by atoms with Crippen molar-refractivity contribution in [3.8, 4) is 5.75 Å². The Kier molecular flexibility index (Phi) is 11.2. The normalized spacial score (nSPS) is 14.9. The molecule has 0 unspecified atom stereocenters. The fraction of sp³-hybridized carbons (Fsp3) is 0.359. The molecule has 2 fully saturated rings. The van der Waals surface area contributed by atoms with Gasteiger partial charge in [-0.05, 0) is 83.5 Å². The topological polar surface area (TPSA) is 117 Å². The fourth-order valence-electron chi connectivity index (χ4n) is 6.14. The number of aromatic carboxylic acids is 1. The minimum absolute atomic E-state index is 0.100. The highest BCUT2D eigenvalue weighted by atomic mass is 32.2. The number of halogens is 8. The number of carboxylic acids is 1. The third-order valence-electron chi connectivity index (χ3n) is 9.52. The van der Waals surface area contributed by atoms with Crippen LogP contribution in [0.1, 0.15) is 90.5 Å². The van der Waals surface area contributed by atoms with Crippen LogP contribution in [0.15, 0.2) is 59.8 Å². The second-order valence-electron chi connectivity index (χ2n) is 15.0. The molecule has 2 aliphatic carbocycles. The molecule has 1 heterocycles. The van der Waals surface area contributed by atoms with Crippen LogP contribution in [0, 0.1) is 29.1 Å². The molecule has 57 heavy (non-hydrogen) atoms. The first kappa shape index (κ1) is 41.5. The molecule has 2 aliphatic rings. The van der Waals surface area contributed by atoms with Crippen molar-refractivity contribution in [2.45, 2.75) is 88.1 Å². The highest BCUT2D eigenvalue weighted by Gasteiger charge is 2.41. The van der Waals surface area contributed by atoms with Crippen molar-refractivity contribution in [2.75, 3.05) is 11.4 Å². The molecule has 0 aliphatic heterocycles. The minimum Gasteiger partial charge on any atom is -0.488 e. The first-order chi connectivity index (χ1) is 26.6.